The highest BCUT2D eigenvalue weighted by Gasteiger charge is 2.23. The monoisotopic (exact) mass is 284 g/mol. The van der Waals surface area contributed by atoms with Crippen LogP contribution in [0.4, 0.5) is 0 Å². The van der Waals surface area contributed by atoms with Crippen LogP contribution in [0.15, 0.2) is 30.3 Å². The van der Waals surface area contributed by atoms with Gasteiger partial charge in [-0.3, -0.25) is 4.79 Å². The van der Waals surface area contributed by atoms with Gasteiger partial charge < -0.3 is 11.1 Å². The van der Waals surface area contributed by atoms with Gasteiger partial charge in [-0.05, 0) is 18.4 Å². The summed E-state index contributed by atoms with van der Waals surface area (Å²) in [6.07, 6.45) is 0. The van der Waals surface area contributed by atoms with Gasteiger partial charge in [0.2, 0.25) is 5.91 Å². The highest BCUT2D eigenvalue weighted by Crippen LogP contribution is 2.21. The summed E-state index contributed by atoms with van der Waals surface area (Å²) in [5.41, 5.74) is 6.90. The van der Waals surface area contributed by atoms with Crippen LogP contribution in [0.2, 0.25) is 0 Å². The highest BCUT2D eigenvalue weighted by molar-refractivity contribution is 5.85. The van der Waals surface area contributed by atoms with E-state index in [1.54, 1.807) is 0 Å². The lowest BCUT2D eigenvalue weighted by Crippen LogP contribution is -2.41. The summed E-state index contributed by atoms with van der Waals surface area (Å²) in [7, 11) is 0. The van der Waals surface area contributed by atoms with E-state index in [2.05, 4.69) is 19.2 Å². The van der Waals surface area contributed by atoms with Crippen molar-refractivity contribution in [3.63, 3.8) is 0 Å². The first-order valence-corrected chi connectivity index (χ1v) is 6.54. The van der Waals surface area contributed by atoms with Crippen LogP contribution in [0.3, 0.4) is 0 Å². The molecule has 19 heavy (non-hydrogen) atoms. The molecule has 1 aromatic rings. The van der Waals surface area contributed by atoms with Crippen LogP contribution in [0.25, 0.3) is 0 Å². The maximum atomic E-state index is 12.1. The first-order chi connectivity index (χ1) is 8.43. The quantitative estimate of drug-likeness (QED) is 0.873. The van der Waals surface area contributed by atoms with Gasteiger partial charge in [-0.1, -0.05) is 51.1 Å². The second-order valence-corrected chi connectivity index (χ2v) is 5.29. The molecular weight excluding hydrogens is 260 g/mol. The zero-order chi connectivity index (χ0) is 13.7. The van der Waals surface area contributed by atoms with Crippen LogP contribution in [0.1, 0.15) is 39.3 Å². The fourth-order valence-electron chi connectivity index (χ4n) is 1.82. The van der Waals surface area contributed by atoms with Gasteiger partial charge in [0.05, 0.1) is 6.04 Å². The molecule has 1 amide bonds. The van der Waals surface area contributed by atoms with Crippen molar-refractivity contribution in [2.24, 2.45) is 17.6 Å². The van der Waals surface area contributed by atoms with Crippen LogP contribution in [0.5, 0.6) is 0 Å². The third-order valence-electron chi connectivity index (χ3n) is 3.33. The number of nitrogens with two attached hydrogens (primary N) is 1. The molecule has 0 saturated carbocycles. The Balaban J connectivity index is 0.00000324. The van der Waals surface area contributed by atoms with Crippen molar-refractivity contribution in [3.05, 3.63) is 35.9 Å². The minimum Gasteiger partial charge on any atom is -0.349 e. The van der Waals surface area contributed by atoms with Crippen molar-refractivity contribution in [2.75, 3.05) is 0 Å². The first-order valence-electron chi connectivity index (χ1n) is 6.54. The minimum absolute atomic E-state index is 0. The summed E-state index contributed by atoms with van der Waals surface area (Å²) in [5, 5.41) is 3.09. The van der Waals surface area contributed by atoms with Gasteiger partial charge in [0.25, 0.3) is 0 Å². The van der Waals surface area contributed by atoms with Gasteiger partial charge in [0.15, 0.2) is 0 Å². The zero-order valence-corrected chi connectivity index (χ0v) is 12.9. The molecular formula is C15H25ClN2O. The van der Waals surface area contributed by atoms with Crippen molar-refractivity contribution < 1.29 is 4.79 Å². The lowest BCUT2D eigenvalue weighted by atomic mass is 9.94. The van der Waals surface area contributed by atoms with Crippen LogP contribution >= 0.6 is 12.4 Å². The van der Waals surface area contributed by atoms with E-state index in [9.17, 15) is 4.79 Å². The van der Waals surface area contributed by atoms with Gasteiger partial charge in [-0.25, -0.2) is 0 Å². The number of benzene rings is 1. The third-order valence-corrected chi connectivity index (χ3v) is 3.33. The number of hydrogen-bond donors (Lipinski definition) is 2. The summed E-state index contributed by atoms with van der Waals surface area (Å²) in [6.45, 7) is 7.93. The molecule has 1 aromatic carbocycles. The molecule has 3 unspecified atom stereocenters. The number of carbonyl (C=O) groups excluding carboxylic acids is 1. The average Bonchev–Trinajstić information content (AvgIpc) is 2.35. The molecule has 1 rings (SSSR count). The fraction of sp³-hybridized carbons (Fsp3) is 0.533. The molecule has 4 heteroatoms. The van der Waals surface area contributed by atoms with Gasteiger partial charge in [0, 0.05) is 12.0 Å². The van der Waals surface area contributed by atoms with E-state index in [1.165, 1.54) is 0 Å². The summed E-state index contributed by atoms with van der Waals surface area (Å²) < 4.78 is 0. The maximum Gasteiger partial charge on any atom is 0.224 e. The zero-order valence-electron chi connectivity index (χ0n) is 12.1. The third kappa shape index (κ3) is 5.21. The van der Waals surface area contributed by atoms with E-state index >= 15 is 0 Å². The molecule has 3 atom stereocenters. The Hall–Kier alpha value is -1.06. The van der Waals surface area contributed by atoms with Crippen LogP contribution in [-0.2, 0) is 4.79 Å². The molecule has 0 aliphatic carbocycles. The topological polar surface area (TPSA) is 55.1 Å². The number of amides is 1. The normalized spacial score (nSPS) is 15.3. The lowest BCUT2D eigenvalue weighted by Gasteiger charge is -2.25. The number of nitrogens with one attached hydrogen (secondary N) is 1. The van der Waals surface area contributed by atoms with Gasteiger partial charge in [0.1, 0.15) is 0 Å². The van der Waals surface area contributed by atoms with Crippen molar-refractivity contribution in [2.45, 2.75) is 39.8 Å². The molecule has 0 heterocycles. The first kappa shape index (κ1) is 17.9. The van der Waals surface area contributed by atoms with E-state index in [-0.39, 0.29) is 36.3 Å². The molecule has 0 saturated heterocycles. The van der Waals surface area contributed by atoms with E-state index in [0.717, 1.165) is 5.56 Å². The van der Waals surface area contributed by atoms with Crippen LogP contribution in [0, 0.1) is 11.8 Å². The Morgan fingerprint density at radius 1 is 1.11 bits per heavy atom. The Labute approximate surface area is 122 Å². The molecule has 0 fully saturated rings. The molecule has 3 nitrogen and oxygen atoms in total. The number of halogens is 1. The van der Waals surface area contributed by atoms with Crippen molar-refractivity contribution >= 4 is 18.3 Å². The molecule has 0 aliphatic heterocycles. The number of carbonyl (C=O) groups is 1. The summed E-state index contributed by atoms with van der Waals surface area (Å²) in [4.78, 5) is 12.1. The highest BCUT2D eigenvalue weighted by atomic mass is 35.5. The van der Waals surface area contributed by atoms with E-state index < -0.39 is 0 Å². The average molecular weight is 285 g/mol. The van der Waals surface area contributed by atoms with Crippen LogP contribution < -0.4 is 11.1 Å². The molecule has 0 aromatic heterocycles. The Morgan fingerprint density at radius 3 is 2.05 bits per heavy atom. The smallest absolute Gasteiger partial charge is 0.224 e. The van der Waals surface area contributed by atoms with Gasteiger partial charge >= 0.3 is 0 Å². The molecule has 3 N–H and O–H groups in total. The number of rotatable bonds is 5. The van der Waals surface area contributed by atoms with Crippen molar-refractivity contribution in [1.29, 1.82) is 0 Å². The van der Waals surface area contributed by atoms with Gasteiger partial charge in [-0.2, -0.15) is 0 Å². The summed E-state index contributed by atoms with van der Waals surface area (Å²) in [5.74, 6) is 0.194. The molecule has 108 valence electrons. The Morgan fingerprint density at radius 2 is 1.63 bits per heavy atom. The van der Waals surface area contributed by atoms with Crippen LogP contribution in [-0.4, -0.2) is 11.9 Å². The lowest BCUT2D eigenvalue weighted by molar-refractivity contribution is -0.126. The van der Waals surface area contributed by atoms with Crippen molar-refractivity contribution in [1.82, 2.24) is 5.32 Å². The summed E-state index contributed by atoms with van der Waals surface area (Å²) in [6, 6.07) is 9.96. The maximum absolute atomic E-state index is 12.1. The molecule has 0 radical (unpaired) electrons. The predicted octanol–water partition coefficient (Wildman–Crippen LogP) is 2.91. The van der Waals surface area contributed by atoms with E-state index in [4.69, 9.17) is 5.73 Å². The number of hydrogen-bond acceptors (Lipinski definition) is 2. The van der Waals surface area contributed by atoms with E-state index in [1.807, 2.05) is 44.2 Å². The minimum atomic E-state index is -0.171. The fourth-order valence-corrected chi connectivity index (χ4v) is 1.82. The SMILES string of the molecule is CC(C)C(NC(=O)C(C)C(C)N)c1ccccc1.Cl. The molecule has 0 bridgehead atoms. The van der Waals surface area contributed by atoms with Crippen molar-refractivity contribution in [3.8, 4) is 0 Å². The Kier molecular flexibility index (Phi) is 7.72. The Bertz CT molecular complexity index is 379. The molecule has 0 spiro atoms. The standard InChI is InChI=1S/C15H24N2O.ClH/c1-10(2)14(13-8-6-5-7-9-13)17-15(18)11(3)12(4)16;/h5-12,14H,16H2,1-4H3,(H,17,18);1H. The predicted molar refractivity (Wildman–Crippen MR) is 82.2 cm³/mol. The summed E-state index contributed by atoms with van der Waals surface area (Å²) >= 11 is 0. The second kappa shape index (κ2) is 8.18. The molecule has 0 aliphatic rings. The largest absolute Gasteiger partial charge is 0.349 e. The second-order valence-electron chi connectivity index (χ2n) is 5.29. The van der Waals surface area contributed by atoms with E-state index in [0.29, 0.717) is 5.92 Å². The van der Waals surface area contributed by atoms with Gasteiger partial charge in [-0.15, -0.1) is 12.4 Å².